The van der Waals surface area contributed by atoms with Crippen LogP contribution in [0.15, 0.2) is 104 Å². The standard InChI is InChI=1S/C30H34F2N2S/c1-7-9-10-11-19-30-33-28(21-35-30)29(18-14-17-27(32)22(3)20-23(4)31)34(6)24(5)26-16-13-12-15-25(26)8-2/h7-10,12-13,15-17,20-21,29H,1-2,4-5,11,14,18-19H2,3,6H3/b10-9-,22-20-,27-17+. The Bertz CT molecular complexity index is 1140. The molecule has 0 bridgehead atoms. The fourth-order valence-electron chi connectivity index (χ4n) is 3.68. The Morgan fingerprint density at radius 3 is 2.60 bits per heavy atom. The van der Waals surface area contributed by atoms with Crippen LogP contribution in [-0.2, 0) is 6.42 Å². The van der Waals surface area contributed by atoms with Gasteiger partial charge in [-0.3, -0.25) is 0 Å². The molecule has 2 nitrogen and oxygen atoms in total. The second-order valence-electron chi connectivity index (χ2n) is 8.14. The van der Waals surface area contributed by atoms with Crippen LogP contribution in [0.25, 0.3) is 11.8 Å². The Morgan fingerprint density at radius 1 is 1.17 bits per heavy atom. The van der Waals surface area contributed by atoms with Gasteiger partial charge in [-0.25, -0.2) is 13.8 Å². The van der Waals surface area contributed by atoms with Crippen molar-refractivity contribution in [2.45, 2.75) is 38.6 Å². The third-order valence-corrected chi connectivity index (χ3v) is 6.53. The van der Waals surface area contributed by atoms with Crippen molar-refractivity contribution in [2.24, 2.45) is 0 Å². The van der Waals surface area contributed by atoms with Crippen LogP contribution in [0.4, 0.5) is 8.78 Å². The minimum absolute atomic E-state index is 0.112. The van der Waals surface area contributed by atoms with Gasteiger partial charge in [-0.2, -0.15) is 0 Å². The van der Waals surface area contributed by atoms with E-state index in [2.05, 4.69) is 42.7 Å². The van der Waals surface area contributed by atoms with Crippen LogP contribution in [0.3, 0.4) is 0 Å². The van der Waals surface area contributed by atoms with Crippen molar-refractivity contribution in [1.29, 1.82) is 0 Å². The lowest BCUT2D eigenvalue weighted by molar-refractivity contribution is 0.332. The molecule has 184 valence electrons. The summed E-state index contributed by atoms with van der Waals surface area (Å²) in [6.45, 7) is 16.7. The molecule has 0 saturated carbocycles. The summed E-state index contributed by atoms with van der Waals surface area (Å²) in [5.74, 6) is -1.12. The van der Waals surface area contributed by atoms with E-state index in [0.29, 0.717) is 12.8 Å². The van der Waals surface area contributed by atoms with Crippen LogP contribution in [0.1, 0.15) is 54.1 Å². The third kappa shape index (κ3) is 8.45. The van der Waals surface area contributed by atoms with Crippen LogP contribution >= 0.6 is 11.3 Å². The van der Waals surface area contributed by atoms with E-state index in [1.807, 2.05) is 43.5 Å². The summed E-state index contributed by atoms with van der Waals surface area (Å²) in [7, 11) is 1.98. The lowest BCUT2D eigenvalue weighted by Gasteiger charge is -2.31. The Labute approximate surface area is 212 Å². The van der Waals surface area contributed by atoms with Gasteiger partial charge in [-0.1, -0.05) is 74.9 Å². The lowest BCUT2D eigenvalue weighted by Crippen LogP contribution is -2.23. The monoisotopic (exact) mass is 492 g/mol. The number of nitrogens with zero attached hydrogens (tertiary/aromatic N) is 2. The normalized spacial score (nSPS) is 13.0. The second kappa shape index (κ2) is 14.2. The summed E-state index contributed by atoms with van der Waals surface area (Å²) in [6.07, 6.45) is 13.0. The molecule has 0 amide bonds. The highest BCUT2D eigenvalue weighted by Crippen LogP contribution is 2.33. The van der Waals surface area contributed by atoms with Crippen molar-refractivity contribution in [1.82, 2.24) is 9.88 Å². The van der Waals surface area contributed by atoms with Crippen molar-refractivity contribution in [3.8, 4) is 0 Å². The number of halogens is 2. The first-order valence-corrected chi connectivity index (χ1v) is 12.4. The van der Waals surface area contributed by atoms with E-state index < -0.39 is 11.7 Å². The van der Waals surface area contributed by atoms with Crippen molar-refractivity contribution in [3.63, 3.8) is 0 Å². The minimum Gasteiger partial charge on any atom is -0.366 e. The minimum atomic E-state index is -0.668. The summed E-state index contributed by atoms with van der Waals surface area (Å²) in [4.78, 5) is 6.98. The highest BCUT2D eigenvalue weighted by molar-refractivity contribution is 7.09. The number of hydrogen-bond donors (Lipinski definition) is 0. The van der Waals surface area contributed by atoms with E-state index in [4.69, 9.17) is 4.98 Å². The zero-order valence-corrected chi connectivity index (χ0v) is 21.5. The number of rotatable bonds is 14. The molecule has 0 spiro atoms. The maximum absolute atomic E-state index is 14.5. The molecule has 2 aromatic rings. The van der Waals surface area contributed by atoms with E-state index in [1.54, 1.807) is 17.4 Å². The molecule has 0 N–H and O–H groups in total. The average Bonchev–Trinajstić information content (AvgIpc) is 3.31. The zero-order chi connectivity index (χ0) is 25.8. The number of aryl methyl sites for hydroxylation is 1. The lowest BCUT2D eigenvalue weighted by atomic mass is 10.0. The van der Waals surface area contributed by atoms with Gasteiger partial charge in [0.2, 0.25) is 0 Å². The number of thiazole rings is 1. The van der Waals surface area contributed by atoms with Crippen molar-refractivity contribution in [3.05, 3.63) is 125 Å². The van der Waals surface area contributed by atoms with Crippen LogP contribution < -0.4 is 0 Å². The summed E-state index contributed by atoms with van der Waals surface area (Å²) in [5.41, 5.74) is 3.96. The smallest absolute Gasteiger partial charge is 0.122 e. The van der Waals surface area contributed by atoms with E-state index in [-0.39, 0.29) is 11.6 Å². The van der Waals surface area contributed by atoms with Gasteiger partial charge in [0, 0.05) is 30.1 Å². The molecule has 0 saturated heterocycles. The molecule has 0 fully saturated rings. The number of benzene rings is 1. The molecular weight excluding hydrogens is 458 g/mol. The first-order chi connectivity index (χ1) is 16.8. The van der Waals surface area contributed by atoms with Gasteiger partial charge >= 0.3 is 0 Å². The van der Waals surface area contributed by atoms with Gasteiger partial charge in [0.05, 0.1) is 16.7 Å². The van der Waals surface area contributed by atoms with Crippen LogP contribution in [0.5, 0.6) is 0 Å². The van der Waals surface area contributed by atoms with Gasteiger partial charge in [0.1, 0.15) is 11.7 Å². The molecular formula is C30H34F2N2S. The number of allylic oxidation sites excluding steroid dienone is 8. The molecule has 1 atom stereocenters. The quantitative estimate of drug-likeness (QED) is 0.244. The van der Waals surface area contributed by atoms with Crippen LogP contribution in [0, 0.1) is 0 Å². The number of aromatic nitrogens is 1. The highest BCUT2D eigenvalue weighted by atomic mass is 32.1. The van der Waals surface area contributed by atoms with Crippen LogP contribution in [-0.4, -0.2) is 16.9 Å². The maximum Gasteiger partial charge on any atom is 0.122 e. The van der Waals surface area contributed by atoms with Crippen molar-refractivity contribution < 1.29 is 8.78 Å². The van der Waals surface area contributed by atoms with Crippen molar-refractivity contribution in [2.75, 3.05) is 7.05 Å². The summed E-state index contributed by atoms with van der Waals surface area (Å²) < 4.78 is 27.5. The molecule has 1 aromatic carbocycles. The van der Waals surface area contributed by atoms with Gasteiger partial charge in [0.25, 0.3) is 0 Å². The molecule has 1 unspecified atom stereocenters. The first-order valence-electron chi connectivity index (χ1n) is 11.5. The van der Waals surface area contributed by atoms with E-state index in [0.717, 1.165) is 46.4 Å². The van der Waals surface area contributed by atoms with Gasteiger partial charge in [0.15, 0.2) is 0 Å². The number of hydrogen-bond acceptors (Lipinski definition) is 3. The van der Waals surface area contributed by atoms with Crippen LogP contribution in [0.2, 0.25) is 0 Å². The average molecular weight is 493 g/mol. The molecule has 0 aliphatic carbocycles. The predicted molar refractivity (Wildman–Crippen MR) is 148 cm³/mol. The van der Waals surface area contributed by atoms with Crippen molar-refractivity contribution >= 4 is 23.1 Å². The molecule has 0 radical (unpaired) electrons. The van der Waals surface area contributed by atoms with Gasteiger partial charge in [-0.05, 0) is 49.5 Å². The summed E-state index contributed by atoms with van der Waals surface area (Å²) in [5, 5.41) is 3.12. The molecule has 0 aliphatic rings. The summed E-state index contributed by atoms with van der Waals surface area (Å²) in [6, 6.07) is 7.84. The Hall–Kier alpha value is -3.31. The van der Waals surface area contributed by atoms with E-state index >= 15 is 0 Å². The predicted octanol–water partition coefficient (Wildman–Crippen LogP) is 9.17. The van der Waals surface area contributed by atoms with Gasteiger partial charge in [-0.15, -0.1) is 11.3 Å². The maximum atomic E-state index is 14.5. The van der Waals surface area contributed by atoms with Gasteiger partial charge < -0.3 is 4.90 Å². The first kappa shape index (κ1) is 27.9. The molecule has 1 heterocycles. The Kier molecular flexibility index (Phi) is 11.3. The molecule has 5 heteroatoms. The molecule has 2 rings (SSSR count). The summed E-state index contributed by atoms with van der Waals surface area (Å²) >= 11 is 1.63. The topological polar surface area (TPSA) is 16.1 Å². The highest BCUT2D eigenvalue weighted by Gasteiger charge is 2.22. The molecule has 0 aliphatic heterocycles. The largest absolute Gasteiger partial charge is 0.366 e. The van der Waals surface area contributed by atoms with E-state index in [1.165, 1.54) is 13.0 Å². The van der Waals surface area contributed by atoms with E-state index in [9.17, 15) is 8.78 Å². The fraction of sp³-hybridized carbons (Fsp3) is 0.233. The SMILES string of the molecule is C=C/C=C\CCc1nc(C(CC/C=C(F)\C(C)=C/C(=C)F)N(C)C(=C)c2ccccc2C=C)cs1. The Morgan fingerprint density at radius 2 is 1.91 bits per heavy atom. The Balaban J connectivity index is 2.30. The molecule has 35 heavy (non-hydrogen) atoms. The second-order valence-corrected chi connectivity index (χ2v) is 9.08. The fourth-order valence-corrected chi connectivity index (χ4v) is 4.54. The third-order valence-electron chi connectivity index (χ3n) is 5.61. The molecule has 1 aromatic heterocycles. The zero-order valence-electron chi connectivity index (χ0n) is 20.6.